The van der Waals surface area contributed by atoms with Gasteiger partial charge in [-0.3, -0.25) is 9.10 Å². The second-order valence-corrected chi connectivity index (χ2v) is 10.4. The van der Waals surface area contributed by atoms with E-state index in [1.165, 1.54) is 12.1 Å². The lowest BCUT2D eigenvalue weighted by atomic mass is 10.1. The number of ether oxygens (including phenoxy) is 2. The Balaban J connectivity index is 1.83. The monoisotopic (exact) mass is 572 g/mol. The minimum Gasteiger partial charge on any atom is -0.550 e. The highest BCUT2D eigenvalue weighted by Crippen LogP contribution is 2.39. The van der Waals surface area contributed by atoms with Crippen molar-refractivity contribution in [2.24, 2.45) is 0 Å². The molecule has 4 aromatic carbocycles. The third kappa shape index (κ3) is 6.01. The minimum atomic E-state index is -4.67. The lowest BCUT2D eigenvalue weighted by Crippen LogP contribution is -2.36. The SMILES string of the molecule is COC(=O)CN(c1ccc(Oc2ccccc2CC(=O)[O-])c2ccccc12)S(=O)(=O)c1ccc(C(F)(F)F)cc1. The first-order valence-corrected chi connectivity index (χ1v) is 13.1. The fourth-order valence-corrected chi connectivity index (χ4v) is 5.44. The Kier molecular flexibility index (Phi) is 8.01. The van der Waals surface area contributed by atoms with Gasteiger partial charge in [-0.05, 0) is 42.5 Å². The van der Waals surface area contributed by atoms with Gasteiger partial charge in [0.2, 0.25) is 0 Å². The third-order valence-electron chi connectivity index (χ3n) is 5.93. The largest absolute Gasteiger partial charge is 0.550 e. The van der Waals surface area contributed by atoms with E-state index in [0.29, 0.717) is 28.5 Å². The van der Waals surface area contributed by atoms with E-state index in [2.05, 4.69) is 4.74 Å². The standard InChI is InChI=1S/C28H22F3NO7S/c1-38-27(35)17-32(40(36,37)20-12-10-19(11-13-20)28(29,30)31)23-14-15-25(22-8-4-3-7-21(22)23)39-24-9-5-2-6-18(24)16-26(33)34/h2-15H,16-17H2,1H3,(H,33,34)/p-1. The maximum Gasteiger partial charge on any atom is 0.416 e. The van der Waals surface area contributed by atoms with E-state index in [-0.39, 0.29) is 17.2 Å². The summed E-state index contributed by atoms with van der Waals surface area (Å²) in [5.41, 5.74) is -0.638. The molecule has 4 rings (SSSR count). The van der Waals surface area contributed by atoms with Crippen LogP contribution in [0.5, 0.6) is 11.5 Å². The number of benzene rings is 4. The predicted octanol–water partition coefficient (Wildman–Crippen LogP) is 4.31. The first-order chi connectivity index (χ1) is 18.9. The molecule has 8 nitrogen and oxygen atoms in total. The molecule has 0 aromatic heterocycles. The number of aliphatic carboxylic acids is 1. The Bertz CT molecular complexity index is 1670. The van der Waals surface area contributed by atoms with Crippen molar-refractivity contribution in [3.05, 3.63) is 96.1 Å². The van der Waals surface area contributed by atoms with E-state index < -0.39 is 51.6 Å². The van der Waals surface area contributed by atoms with Crippen LogP contribution in [0.4, 0.5) is 18.9 Å². The van der Waals surface area contributed by atoms with E-state index in [1.54, 1.807) is 48.5 Å². The third-order valence-corrected chi connectivity index (χ3v) is 7.70. The van der Waals surface area contributed by atoms with Crippen LogP contribution in [0.1, 0.15) is 11.1 Å². The molecule has 0 N–H and O–H groups in total. The zero-order valence-corrected chi connectivity index (χ0v) is 21.7. The fraction of sp³-hybridized carbons (Fsp3) is 0.143. The van der Waals surface area contributed by atoms with Gasteiger partial charge in [0.15, 0.2) is 0 Å². The Hall–Kier alpha value is -4.58. The summed E-state index contributed by atoms with van der Waals surface area (Å²) in [5.74, 6) is -1.71. The van der Waals surface area contributed by atoms with Crippen molar-refractivity contribution in [3.8, 4) is 11.5 Å². The highest BCUT2D eigenvalue weighted by Gasteiger charge is 2.33. The zero-order chi connectivity index (χ0) is 29.1. The summed E-state index contributed by atoms with van der Waals surface area (Å²) in [6.07, 6.45) is -5.07. The first kappa shape index (κ1) is 28.4. The molecule has 0 amide bonds. The summed E-state index contributed by atoms with van der Waals surface area (Å²) in [6, 6.07) is 18.7. The number of anilines is 1. The molecule has 0 saturated carbocycles. The number of fused-ring (bicyclic) bond motifs is 1. The molecule has 0 fully saturated rings. The van der Waals surface area contributed by atoms with Crippen molar-refractivity contribution < 1.29 is 45.8 Å². The number of carboxylic acids is 1. The summed E-state index contributed by atoms with van der Waals surface area (Å²) in [5, 5.41) is 11.9. The van der Waals surface area contributed by atoms with E-state index in [4.69, 9.17) is 4.74 Å². The average molecular weight is 573 g/mol. The van der Waals surface area contributed by atoms with Crippen LogP contribution < -0.4 is 14.1 Å². The lowest BCUT2D eigenvalue weighted by molar-refractivity contribution is -0.304. The molecule has 208 valence electrons. The van der Waals surface area contributed by atoms with Crippen molar-refractivity contribution in [1.29, 1.82) is 0 Å². The molecule has 0 bridgehead atoms. The van der Waals surface area contributed by atoms with Gasteiger partial charge in [0.25, 0.3) is 10.0 Å². The maximum absolute atomic E-state index is 13.7. The number of sulfonamides is 1. The van der Waals surface area contributed by atoms with Crippen LogP contribution in [0, 0.1) is 0 Å². The number of hydrogen-bond acceptors (Lipinski definition) is 7. The molecule has 0 atom stereocenters. The Labute approximate surface area is 227 Å². The Morgan fingerprint density at radius 3 is 2.10 bits per heavy atom. The molecule has 0 aliphatic carbocycles. The number of alkyl halides is 3. The van der Waals surface area contributed by atoms with E-state index in [9.17, 15) is 36.3 Å². The highest BCUT2D eigenvalue weighted by atomic mass is 32.2. The molecule has 40 heavy (non-hydrogen) atoms. The van der Waals surface area contributed by atoms with Gasteiger partial charge in [0, 0.05) is 28.7 Å². The van der Waals surface area contributed by atoms with Crippen LogP contribution in [0.25, 0.3) is 10.8 Å². The van der Waals surface area contributed by atoms with Gasteiger partial charge in [0.1, 0.15) is 18.0 Å². The number of carboxylic acid groups (broad SMARTS) is 1. The van der Waals surface area contributed by atoms with Crippen molar-refractivity contribution in [3.63, 3.8) is 0 Å². The molecule has 0 heterocycles. The van der Waals surface area contributed by atoms with Gasteiger partial charge >= 0.3 is 12.1 Å². The summed E-state index contributed by atoms with van der Waals surface area (Å²) >= 11 is 0. The molecule has 0 unspecified atom stereocenters. The molecule has 4 aromatic rings. The van der Waals surface area contributed by atoms with Crippen LogP contribution in [0.2, 0.25) is 0 Å². The van der Waals surface area contributed by atoms with E-state index >= 15 is 0 Å². The van der Waals surface area contributed by atoms with Gasteiger partial charge in [-0.25, -0.2) is 8.42 Å². The summed E-state index contributed by atoms with van der Waals surface area (Å²) in [7, 11) is -3.48. The predicted molar refractivity (Wildman–Crippen MR) is 137 cm³/mol. The van der Waals surface area contributed by atoms with Gasteiger partial charge in [-0.15, -0.1) is 0 Å². The van der Waals surface area contributed by atoms with Gasteiger partial charge in [-0.2, -0.15) is 13.2 Å². The number of para-hydroxylation sites is 1. The second kappa shape index (κ2) is 11.3. The molecule has 0 aliphatic rings. The summed E-state index contributed by atoms with van der Waals surface area (Å²) < 4.78 is 77.9. The van der Waals surface area contributed by atoms with Crippen molar-refractivity contribution in [2.75, 3.05) is 18.0 Å². The Morgan fingerprint density at radius 2 is 1.48 bits per heavy atom. The number of esters is 1. The Morgan fingerprint density at radius 1 is 0.850 bits per heavy atom. The minimum absolute atomic E-state index is 0.0382. The van der Waals surface area contributed by atoms with Gasteiger partial charge in [-0.1, -0.05) is 42.5 Å². The van der Waals surface area contributed by atoms with Crippen LogP contribution in [0.3, 0.4) is 0 Å². The normalized spacial score (nSPS) is 11.7. The van der Waals surface area contributed by atoms with Crippen LogP contribution in [-0.4, -0.2) is 34.0 Å². The van der Waals surface area contributed by atoms with E-state index in [1.807, 2.05) is 0 Å². The molecule has 12 heteroatoms. The highest BCUT2D eigenvalue weighted by molar-refractivity contribution is 7.92. The van der Waals surface area contributed by atoms with E-state index in [0.717, 1.165) is 23.5 Å². The fourth-order valence-electron chi connectivity index (χ4n) is 4.01. The van der Waals surface area contributed by atoms with Gasteiger partial charge < -0.3 is 19.4 Å². The number of halogens is 3. The topological polar surface area (TPSA) is 113 Å². The molecular weight excluding hydrogens is 551 g/mol. The second-order valence-electron chi connectivity index (χ2n) is 8.50. The van der Waals surface area contributed by atoms with Crippen molar-refractivity contribution in [2.45, 2.75) is 17.5 Å². The first-order valence-electron chi connectivity index (χ1n) is 11.7. The van der Waals surface area contributed by atoms with Crippen LogP contribution in [0.15, 0.2) is 89.8 Å². The average Bonchev–Trinajstić information content (AvgIpc) is 2.92. The molecule has 0 spiro atoms. The summed E-state index contributed by atoms with van der Waals surface area (Å²) in [4.78, 5) is 23.0. The number of rotatable bonds is 9. The smallest absolute Gasteiger partial charge is 0.416 e. The maximum atomic E-state index is 13.7. The number of nitrogens with zero attached hydrogens (tertiary/aromatic N) is 1. The molecule has 0 aliphatic heterocycles. The van der Waals surface area contributed by atoms with Gasteiger partial charge in [0.05, 0.1) is 23.3 Å². The molecule has 0 saturated heterocycles. The van der Waals surface area contributed by atoms with Crippen molar-refractivity contribution in [1.82, 2.24) is 0 Å². The molecule has 0 radical (unpaired) electrons. The van der Waals surface area contributed by atoms with Crippen molar-refractivity contribution >= 4 is 38.4 Å². The number of carbonyl (C=O) groups is 2. The lowest BCUT2D eigenvalue weighted by Gasteiger charge is -2.25. The number of hydrogen-bond donors (Lipinski definition) is 0. The molecular formula is C28H21F3NO7S-. The number of methoxy groups -OCH3 is 1. The zero-order valence-electron chi connectivity index (χ0n) is 20.8. The van der Waals surface area contributed by atoms with Crippen LogP contribution in [-0.2, 0) is 36.9 Å². The number of carbonyl (C=O) groups excluding carboxylic acids is 2. The quantitative estimate of drug-likeness (QED) is 0.275. The summed E-state index contributed by atoms with van der Waals surface area (Å²) in [6.45, 7) is -0.765. The van der Waals surface area contributed by atoms with Crippen LogP contribution >= 0.6 is 0 Å².